The Hall–Kier alpha value is -1.49. The van der Waals surface area contributed by atoms with Crippen molar-refractivity contribution in [2.75, 3.05) is 0 Å². The van der Waals surface area contributed by atoms with Crippen LogP contribution in [0.5, 0.6) is 0 Å². The molecule has 0 bridgehead atoms. The second-order valence-corrected chi connectivity index (χ2v) is 5.52. The van der Waals surface area contributed by atoms with Crippen molar-refractivity contribution >= 4 is 32.0 Å². The molecule has 0 aliphatic heterocycles. The number of carbonyl (C=O) groups is 1. The lowest BCUT2D eigenvalue weighted by molar-refractivity contribution is 0.104. The largest absolute Gasteiger partial charge is 0.289 e. The Labute approximate surface area is 126 Å². The van der Waals surface area contributed by atoms with E-state index in [1.54, 1.807) is 18.5 Å². The zero-order valence-electron chi connectivity index (χ0n) is 10.9. The SMILES string of the molecule is Cc1cccc(C)c1C(=O)/C=C(\I)c1ccncc1. The van der Waals surface area contributed by atoms with E-state index in [1.165, 1.54) is 0 Å². The van der Waals surface area contributed by atoms with Crippen LogP contribution in [-0.4, -0.2) is 10.8 Å². The average molecular weight is 363 g/mol. The molecule has 0 spiro atoms. The van der Waals surface area contributed by atoms with Crippen LogP contribution < -0.4 is 0 Å². The third kappa shape index (κ3) is 3.29. The summed E-state index contributed by atoms with van der Waals surface area (Å²) in [5.74, 6) is 0.0526. The molecule has 0 aliphatic carbocycles. The minimum absolute atomic E-state index is 0.0526. The molecule has 0 fully saturated rings. The first-order chi connectivity index (χ1) is 9.09. The molecule has 1 aromatic carbocycles. The summed E-state index contributed by atoms with van der Waals surface area (Å²) >= 11 is 2.19. The van der Waals surface area contributed by atoms with Gasteiger partial charge < -0.3 is 0 Å². The summed E-state index contributed by atoms with van der Waals surface area (Å²) in [7, 11) is 0. The monoisotopic (exact) mass is 363 g/mol. The number of rotatable bonds is 3. The summed E-state index contributed by atoms with van der Waals surface area (Å²) in [6.45, 7) is 3.93. The van der Waals surface area contributed by atoms with E-state index in [9.17, 15) is 4.79 Å². The lowest BCUT2D eigenvalue weighted by Gasteiger charge is -2.06. The Morgan fingerprint density at radius 2 is 1.68 bits per heavy atom. The molecule has 1 aromatic heterocycles. The van der Waals surface area contributed by atoms with Gasteiger partial charge in [0.25, 0.3) is 0 Å². The van der Waals surface area contributed by atoms with Gasteiger partial charge in [0, 0.05) is 27.6 Å². The van der Waals surface area contributed by atoms with Gasteiger partial charge in [-0.15, -0.1) is 0 Å². The van der Waals surface area contributed by atoms with Gasteiger partial charge in [-0.2, -0.15) is 0 Å². The van der Waals surface area contributed by atoms with E-state index in [1.807, 2.05) is 44.2 Å². The zero-order valence-corrected chi connectivity index (χ0v) is 13.0. The Morgan fingerprint density at radius 3 is 2.26 bits per heavy atom. The van der Waals surface area contributed by atoms with Crippen LogP contribution in [0.1, 0.15) is 27.0 Å². The average Bonchev–Trinajstić information content (AvgIpc) is 2.39. The van der Waals surface area contributed by atoms with Gasteiger partial charge in [-0.25, -0.2) is 0 Å². The molecule has 0 atom stereocenters. The van der Waals surface area contributed by atoms with E-state index >= 15 is 0 Å². The van der Waals surface area contributed by atoms with Gasteiger partial charge in [0.05, 0.1) is 0 Å². The minimum atomic E-state index is 0.0526. The van der Waals surface area contributed by atoms with Crippen LogP contribution in [0.15, 0.2) is 48.8 Å². The van der Waals surface area contributed by atoms with Gasteiger partial charge in [0.15, 0.2) is 5.78 Å². The normalized spacial score (nSPS) is 11.4. The molecule has 0 amide bonds. The molecular weight excluding hydrogens is 349 g/mol. The van der Waals surface area contributed by atoms with Crippen LogP contribution in [0.4, 0.5) is 0 Å². The standard InChI is InChI=1S/C16H14INO/c1-11-4-3-5-12(2)16(11)15(19)10-14(17)13-6-8-18-9-7-13/h3-10H,1-2H3/b14-10-. The summed E-state index contributed by atoms with van der Waals surface area (Å²) < 4.78 is 0.924. The first-order valence-corrected chi connectivity index (χ1v) is 7.05. The fourth-order valence-electron chi connectivity index (χ4n) is 1.98. The van der Waals surface area contributed by atoms with Gasteiger partial charge in [0.1, 0.15) is 0 Å². The first kappa shape index (κ1) is 13.9. The van der Waals surface area contributed by atoms with Gasteiger partial charge in [0.2, 0.25) is 0 Å². The highest BCUT2D eigenvalue weighted by atomic mass is 127. The van der Waals surface area contributed by atoms with Gasteiger partial charge in [-0.3, -0.25) is 9.78 Å². The molecule has 0 aliphatic rings. The zero-order chi connectivity index (χ0) is 13.8. The van der Waals surface area contributed by atoms with Crippen LogP contribution >= 0.6 is 22.6 Å². The van der Waals surface area contributed by atoms with Gasteiger partial charge in [-0.05, 0) is 65.3 Å². The van der Waals surface area contributed by atoms with Crippen molar-refractivity contribution in [2.45, 2.75) is 13.8 Å². The second kappa shape index (κ2) is 6.10. The number of hydrogen-bond donors (Lipinski definition) is 0. The van der Waals surface area contributed by atoms with E-state index in [4.69, 9.17) is 0 Å². The van der Waals surface area contributed by atoms with Crippen molar-refractivity contribution in [3.05, 3.63) is 71.1 Å². The third-order valence-corrected chi connectivity index (χ3v) is 3.88. The van der Waals surface area contributed by atoms with Crippen LogP contribution in [0.2, 0.25) is 0 Å². The highest BCUT2D eigenvalue weighted by molar-refractivity contribution is 14.1. The van der Waals surface area contributed by atoms with Crippen molar-refractivity contribution < 1.29 is 4.79 Å². The van der Waals surface area contributed by atoms with Crippen LogP contribution in [-0.2, 0) is 0 Å². The molecule has 0 saturated heterocycles. The van der Waals surface area contributed by atoms with E-state index in [-0.39, 0.29) is 5.78 Å². The fourth-order valence-corrected chi connectivity index (χ4v) is 2.63. The number of hydrogen-bond acceptors (Lipinski definition) is 2. The first-order valence-electron chi connectivity index (χ1n) is 5.97. The fraction of sp³-hybridized carbons (Fsp3) is 0.125. The lowest BCUT2D eigenvalue weighted by atomic mass is 9.98. The molecule has 96 valence electrons. The molecule has 2 aromatic rings. The number of aryl methyl sites for hydroxylation is 2. The number of aromatic nitrogens is 1. The summed E-state index contributed by atoms with van der Waals surface area (Å²) in [6.07, 6.45) is 5.14. The molecule has 0 N–H and O–H groups in total. The molecular formula is C16H14INO. The maximum Gasteiger partial charge on any atom is 0.187 e. The van der Waals surface area contributed by atoms with Crippen LogP contribution in [0.25, 0.3) is 3.58 Å². The number of nitrogens with zero attached hydrogens (tertiary/aromatic N) is 1. The molecule has 19 heavy (non-hydrogen) atoms. The quantitative estimate of drug-likeness (QED) is 0.461. The number of pyridine rings is 1. The van der Waals surface area contributed by atoms with Crippen molar-refractivity contribution in [1.82, 2.24) is 4.98 Å². The van der Waals surface area contributed by atoms with Crippen molar-refractivity contribution in [3.8, 4) is 0 Å². The molecule has 0 radical (unpaired) electrons. The highest BCUT2D eigenvalue weighted by Gasteiger charge is 2.10. The molecule has 1 heterocycles. The third-order valence-electron chi connectivity index (χ3n) is 2.94. The van der Waals surface area contributed by atoms with Crippen LogP contribution in [0.3, 0.4) is 0 Å². The predicted octanol–water partition coefficient (Wildman–Crippen LogP) is 4.36. The highest BCUT2D eigenvalue weighted by Crippen LogP contribution is 2.23. The molecule has 0 unspecified atom stereocenters. The Balaban J connectivity index is 2.36. The number of allylic oxidation sites excluding steroid dienone is 1. The van der Waals surface area contributed by atoms with E-state index in [0.717, 1.165) is 25.8 Å². The summed E-state index contributed by atoms with van der Waals surface area (Å²) in [5.41, 5.74) is 3.83. The number of ketones is 1. The number of benzene rings is 1. The van der Waals surface area contributed by atoms with E-state index < -0.39 is 0 Å². The maximum atomic E-state index is 12.4. The molecule has 2 nitrogen and oxygen atoms in total. The Morgan fingerprint density at radius 1 is 1.11 bits per heavy atom. The van der Waals surface area contributed by atoms with Gasteiger partial charge >= 0.3 is 0 Å². The molecule has 2 rings (SSSR count). The Kier molecular flexibility index (Phi) is 4.47. The number of carbonyl (C=O) groups excluding carboxylic acids is 1. The van der Waals surface area contributed by atoms with E-state index in [2.05, 4.69) is 27.6 Å². The number of halogens is 1. The van der Waals surface area contributed by atoms with Crippen molar-refractivity contribution in [3.63, 3.8) is 0 Å². The second-order valence-electron chi connectivity index (χ2n) is 4.36. The summed E-state index contributed by atoms with van der Waals surface area (Å²) in [6, 6.07) is 9.70. The smallest absolute Gasteiger partial charge is 0.187 e. The Bertz CT molecular complexity index is 612. The minimum Gasteiger partial charge on any atom is -0.289 e. The maximum absolute atomic E-state index is 12.4. The van der Waals surface area contributed by atoms with Crippen molar-refractivity contribution in [1.29, 1.82) is 0 Å². The summed E-state index contributed by atoms with van der Waals surface area (Å²) in [4.78, 5) is 16.4. The molecule has 0 saturated carbocycles. The topological polar surface area (TPSA) is 30.0 Å². The predicted molar refractivity (Wildman–Crippen MR) is 86.5 cm³/mol. The summed E-state index contributed by atoms with van der Waals surface area (Å²) in [5, 5.41) is 0. The van der Waals surface area contributed by atoms with Gasteiger partial charge in [-0.1, -0.05) is 18.2 Å². The molecule has 3 heteroatoms. The lowest BCUT2D eigenvalue weighted by Crippen LogP contribution is -2.01. The van der Waals surface area contributed by atoms with Crippen molar-refractivity contribution in [2.24, 2.45) is 0 Å². The van der Waals surface area contributed by atoms with Crippen LogP contribution in [0, 0.1) is 13.8 Å². The van der Waals surface area contributed by atoms with E-state index in [0.29, 0.717) is 0 Å².